The lowest BCUT2D eigenvalue weighted by Crippen LogP contribution is -2.35. The number of anilines is 2. The van der Waals surface area contributed by atoms with Gasteiger partial charge in [-0.05, 0) is 31.4 Å². The summed E-state index contributed by atoms with van der Waals surface area (Å²) in [6.45, 7) is 2.00. The van der Waals surface area contributed by atoms with Gasteiger partial charge in [0, 0.05) is 37.3 Å². The van der Waals surface area contributed by atoms with Crippen LogP contribution in [0, 0.1) is 0 Å². The molecule has 0 bridgehead atoms. The van der Waals surface area contributed by atoms with E-state index in [0.29, 0.717) is 11.3 Å². The van der Waals surface area contributed by atoms with Crippen LogP contribution in [0.1, 0.15) is 17.3 Å². The van der Waals surface area contributed by atoms with Crippen molar-refractivity contribution in [2.75, 3.05) is 36.7 Å². The number of nitrogens with zero attached hydrogens (tertiary/aromatic N) is 1. The molecule has 18 heavy (non-hydrogen) atoms. The molecular formula is C13H21N3OS. The van der Waals surface area contributed by atoms with Crippen LogP contribution in [-0.4, -0.2) is 38.1 Å². The maximum atomic E-state index is 12.2. The molecular weight excluding hydrogens is 246 g/mol. The van der Waals surface area contributed by atoms with Crippen molar-refractivity contribution in [3.63, 3.8) is 0 Å². The highest BCUT2D eigenvalue weighted by atomic mass is 32.2. The first kappa shape index (κ1) is 14.7. The zero-order valence-corrected chi connectivity index (χ0v) is 12.2. The summed E-state index contributed by atoms with van der Waals surface area (Å²) in [6.07, 6.45) is 2.02. The van der Waals surface area contributed by atoms with Crippen molar-refractivity contribution in [3.8, 4) is 0 Å². The third kappa shape index (κ3) is 3.84. The van der Waals surface area contributed by atoms with Gasteiger partial charge in [-0.25, -0.2) is 0 Å². The fourth-order valence-corrected chi connectivity index (χ4v) is 2.30. The molecule has 1 atom stereocenters. The monoisotopic (exact) mass is 267 g/mol. The smallest absolute Gasteiger partial charge is 0.253 e. The Kier molecular flexibility index (Phi) is 5.34. The van der Waals surface area contributed by atoms with Gasteiger partial charge in [-0.3, -0.25) is 4.79 Å². The van der Waals surface area contributed by atoms with E-state index in [4.69, 9.17) is 5.73 Å². The lowest BCUT2D eigenvalue weighted by Gasteiger charge is -2.19. The second-order valence-corrected chi connectivity index (χ2v) is 5.41. The second kappa shape index (κ2) is 6.54. The van der Waals surface area contributed by atoms with Crippen molar-refractivity contribution in [1.82, 2.24) is 5.32 Å². The Morgan fingerprint density at radius 2 is 2.17 bits per heavy atom. The van der Waals surface area contributed by atoms with Gasteiger partial charge in [-0.2, -0.15) is 11.8 Å². The Hall–Kier alpha value is -1.36. The zero-order valence-electron chi connectivity index (χ0n) is 11.4. The average Bonchev–Trinajstić information content (AvgIpc) is 2.28. The van der Waals surface area contributed by atoms with Gasteiger partial charge in [-0.1, -0.05) is 0 Å². The number of carbonyl (C=O) groups is 1. The van der Waals surface area contributed by atoms with E-state index in [1.165, 1.54) is 0 Å². The van der Waals surface area contributed by atoms with E-state index in [-0.39, 0.29) is 11.9 Å². The molecule has 0 aliphatic heterocycles. The summed E-state index contributed by atoms with van der Waals surface area (Å²) in [6, 6.07) is 5.53. The summed E-state index contributed by atoms with van der Waals surface area (Å²) >= 11 is 1.71. The quantitative estimate of drug-likeness (QED) is 0.799. The van der Waals surface area contributed by atoms with Crippen LogP contribution in [0.2, 0.25) is 0 Å². The Balaban J connectivity index is 2.93. The van der Waals surface area contributed by atoms with Crippen molar-refractivity contribution < 1.29 is 4.79 Å². The Morgan fingerprint density at radius 1 is 1.50 bits per heavy atom. The van der Waals surface area contributed by atoms with Crippen LogP contribution >= 0.6 is 11.8 Å². The minimum atomic E-state index is -0.0763. The molecule has 0 heterocycles. The molecule has 4 nitrogen and oxygen atoms in total. The lowest BCUT2D eigenvalue weighted by atomic mass is 10.1. The highest BCUT2D eigenvalue weighted by Gasteiger charge is 2.15. The van der Waals surface area contributed by atoms with Crippen LogP contribution in [-0.2, 0) is 0 Å². The SMILES string of the molecule is CSCC(C)NC(=O)c1cc(N)ccc1N(C)C. The Morgan fingerprint density at radius 3 is 2.72 bits per heavy atom. The minimum Gasteiger partial charge on any atom is -0.399 e. The molecule has 1 aromatic carbocycles. The number of benzene rings is 1. The maximum absolute atomic E-state index is 12.2. The van der Waals surface area contributed by atoms with Gasteiger partial charge in [0.25, 0.3) is 5.91 Å². The molecule has 0 aliphatic rings. The van der Waals surface area contributed by atoms with E-state index in [0.717, 1.165) is 11.4 Å². The summed E-state index contributed by atoms with van der Waals surface area (Å²) in [5.74, 6) is 0.818. The predicted octanol–water partition coefficient (Wildman–Crippen LogP) is 1.82. The molecule has 1 aromatic rings. The highest BCUT2D eigenvalue weighted by molar-refractivity contribution is 7.98. The van der Waals surface area contributed by atoms with E-state index < -0.39 is 0 Å². The van der Waals surface area contributed by atoms with Gasteiger partial charge < -0.3 is 16.0 Å². The second-order valence-electron chi connectivity index (χ2n) is 4.50. The number of thioether (sulfide) groups is 1. The van der Waals surface area contributed by atoms with Crippen LogP contribution < -0.4 is 16.0 Å². The van der Waals surface area contributed by atoms with E-state index in [1.807, 2.05) is 38.2 Å². The molecule has 3 N–H and O–H groups in total. The molecule has 1 rings (SSSR count). The van der Waals surface area contributed by atoms with Crippen molar-refractivity contribution in [2.24, 2.45) is 0 Å². The van der Waals surface area contributed by atoms with Crippen molar-refractivity contribution in [2.45, 2.75) is 13.0 Å². The molecule has 0 aromatic heterocycles. The number of rotatable bonds is 5. The fraction of sp³-hybridized carbons (Fsp3) is 0.462. The third-order valence-corrected chi connectivity index (χ3v) is 3.37. The Bertz CT molecular complexity index is 421. The fourth-order valence-electron chi connectivity index (χ4n) is 1.72. The highest BCUT2D eigenvalue weighted by Crippen LogP contribution is 2.21. The zero-order chi connectivity index (χ0) is 13.7. The number of carbonyl (C=O) groups excluding carboxylic acids is 1. The number of hydrogen-bond acceptors (Lipinski definition) is 4. The number of hydrogen-bond donors (Lipinski definition) is 2. The normalized spacial score (nSPS) is 12.0. The molecule has 0 radical (unpaired) electrons. The molecule has 0 saturated carbocycles. The molecule has 0 saturated heterocycles. The van der Waals surface area contributed by atoms with E-state index in [1.54, 1.807) is 23.9 Å². The van der Waals surface area contributed by atoms with E-state index in [2.05, 4.69) is 5.32 Å². The first-order valence-electron chi connectivity index (χ1n) is 5.82. The molecule has 100 valence electrons. The number of nitrogen functional groups attached to an aromatic ring is 1. The number of nitrogens with two attached hydrogens (primary N) is 1. The largest absolute Gasteiger partial charge is 0.399 e. The van der Waals surface area contributed by atoms with Crippen molar-refractivity contribution >= 4 is 29.0 Å². The Labute approximate surface area is 113 Å². The summed E-state index contributed by atoms with van der Waals surface area (Å²) in [4.78, 5) is 14.1. The number of nitrogens with one attached hydrogen (secondary N) is 1. The minimum absolute atomic E-state index is 0.0763. The van der Waals surface area contributed by atoms with Gasteiger partial charge in [0.15, 0.2) is 0 Å². The number of amides is 1. The van der Waals surface area contributed by atoms with Crippen LogP contribution in [0.5, 0.6) is 0 Å². The summed E-state index contributed by atoms with van der Waals surface area (Å²) in [7, 11) is 3.82. The molecule has 0 spiro atoms. The van der Waals surface area contributed by atoms with Crippen LogP contribution in [0.3, 0.4) is 0 Å². The topological polar surface area (TPSA) is 58.4 Å². The van der Waals surface area contributed by atoms with Crippen LogP contribution in [0.15, 0.2) is 18.2 Å². The lowest BCUT2D eigenvalue weighted by molar-refractivity contribution is 0.0944. The van der Waals surface area contributed by atoms with E-state index >= 15 is 0 Å². The standard InChI is InChI=1S/C13H21N3OS/c1-9(8-18-4)15-13(17)11-7-10(14)5-6-12(11)16(2)3/h5-7,9H,8,14H2,1-4H3,(H,15,17). The average molecular weight is 267 g/mol. The van der Waals surface area contributed by atoms with Gasteiger partial charge in [0.2, 0.25) is 0 Å². The molecule has 0 aliphatic carbocycles. The van der Waals surface area contributed by atoms with Crippen molar-refractivity contribution in [3.05, 3.63) is 23.8 Å². The van der Waals surface area contributed by atoms with Gasteiger partial charge in [0.1, 0.15) is 0 Å². The first-order valence-corrected chi connectivity index (χ1v) is 7.21. The first-order chi connectivity index (χ1) is 8.45. The summed E-state index contributed by atoms with van der Waals surface area (Å²) < 4.78 is 0. The van der Waals surface area contributed by atoms with Gasteiger partial charge >= 0.3 is 0 Å². The molecule has 1 unspecified atom stereocenters. The summed E-state index contributed by atoms with van der Waals surface area (Å²) in [5, 5.41) is 2.98. The molecule has 5 heteroatoms. The van der Waals surface area contributed by atoms with Gasteiger partial charge in [0.05, 0.1) is 5.56 Å². The maximum Gasteiger partial charge on any atom is 0.253 e. The van der Waals surface area contributed by atoms with Gasteiger partial charge in [-0.15, -0.1) is 0 Å². The third-order valence-electron chi connectivity index (χ3n) is 2.54. The van der Waals surface area contributed by atoms with Crippen LogP contribution in [0.4, 0.5) is 11.4 Å². The van der Waals surface area contributed by atoms with Crippen LogP contribution in [0.25, 0.3) is 0 Å². The van der Waals surface area contributed by atoms with E-state index in [9.17, 15) is 4.79 Å². The molecule has 0 fully saturated rings. The predicted molar refractivity (Wildman–Crippen MR) is 80.5 cm³/mol. The van der Waals surface area contributed by atoms with Crippen molar-refractivity contribution in [1.29, 1.82) is 0 Å². The summed E-state index contributed by atoms with van der Waals surface area (Å²) in [5.41, 5.74) is 7.84. The molecule has 1 amide bonds.